The molecule has 4 heterocycles. The van der Waals surface area contributed by atoms with E-state index in [0.29, 0.717) is 6.04 Å². The SMILES string of the molecule is CNC1CN(C2=Nc3ncc(Br)cc3N3C2=NC32CC2)C1. The minimum absolute atomic E-state index is 0.0149. The molecule has 0 aromatic carbocycles. The molecule has 1 saturated heterocycles. The summed E-state index contributed by atoms with van der Waals surface area (Å²) < 4.78 is 0.987. The van der Waals surface area contributed by atoms with Gasteiger partial charge in [0.05, 0.1) is 5.69 Å². The van der Waals surface area contributed by atoms with Gasteiger partial charge in [-0.2, -0.15) is 0 Å². The van der Waals surface area contributed by atoms with E-state index in [1.807, 2.05) is 13.2 Å². The number of aliphatic imine (C=N–C) groups is 2. The lowest BCUT2D eigenvalue weighted by Gasteiger charge is -2.49. The van der Waals surface area contributed by atoms with Gasteiger partial charge in [-0.25, -0.2) is 15.0 Å². The summed E-state index contributed by atoms with van der Waals surface area (Å²) in [7, 11) is 2.01. The van der Waals surface area contributed by atoms with Crippen LogP contribution in [0.15, 0.2) is 26.7 Å². The van der Waals surface area contributed by atoms with E-state index in [4.69, 9.17) is 9.98 Å². The Morgan fingerprint density at radius 2 is 2.14 bits per heavy atom. The van der Waals surface area contributed by atoms with Crippen LogP contribution in [-0.2, 0) is 0 Å². The third-order valence-corrected chi connectivity index (χ3v) is 5.13. The molecular formula is C14H15BrN6. The van der Waals surface area contributed by atoms with Crippen LogP contribution in [-0.4, -0.2) is 53.4 Å². The number of amidine groups is 2. The van der Waals surface area contributed by atoms with Gasteiger partial charge in [0.1, 0.15) is 5.66 Å². The Balaban J connectivity index is 1.59. The monoisotopic (exact) mass is 346 g/mol. The first-order chi connectivity index (χ1) is 10.2. The Hall–Kier alpha value is -1.47. The predicted octanol–water partition coefficient (Wildman–Crippen LogP) is 1.50. The first kappa shape index (κ1) is 12.1. The topological polar surface area (TPSA) is 56.1 Å². The zero-order valence-corrected chi connectivity index (χ0v) is 13.3. The normalized spacial score (nSPS) is 24.7. The fourth-order valence-electron chi connectivity index (χ4n) is 3.25. The Kier molecular flexibility index (Phi) is 2.21. The molecule has 0 atom stereocenters. The smallest absolute Gasteiger partial charge is 0.178 e. The van der Waals surface area contributed by atoms with Crippen molar-refractivity contribution in [3.8, 4) is 0 Å². The average molecular weight is 347 g/mol. The van der Waals surface area contributed by atoms with Crippen LogP contribution in [0.3, 0.4) is 0 Å². The number of likely N-dealkylation sites (tertiary alicyclic amines) is 1. The number of hydrogen-bond acceptors (Lipinski definition) is 6. The molecule has 1 aromatic heterocycles. The number of anilines is 1. The van der Waals surface area contributed by atoms with Crippen LogP contribution in [0.4, 0.5) is 11.5 Å². The van der Waals surface area contributed by atoms with Gasteiger partial charge in [0, 0.05) is 29.8 Å². The Bertz CT molecular complexity index is 701. The summed E-state index contributed by atoms with van der Waals surface area (Å²) in [6.07, 6.45) is 4.08. The molecule has 5 rings (SSSR count). The number of nitrogens with zero attached hydrogens (tertiary/aromatic N) is 5. The fourth-order valence-corrected chi connectivity index (χ4v) is 3.57. The van der Waals surface area contributed by atoms with E-state index in [1.54, 1.807) is 0 Å². The summed E-state index contributed by atoms with van der Waals surface area (Å²) >= 11 is 3.51. The molecule has 1 aliphatic carbocycles. The molecule has 4 aliphatic rings. The summed E-state index contributed by atoms with van der Waals surface area (Å²) in [4.78, 5) is 18.7. The zero-order chi connectivity index (χ0) is 14.2. The number of aromatic nitrogens is 1. The van der Waals surface area contributed by atoms with E-state index in [2.05, 4.69) is 42.1 Å². The molecule has 7 heteroatoms. The standard InChI is InChI=1S/C14H15BrN6/c1-16-9-6-20(7-9)12-13-19-14(2-3-14)21(13)10-4-8(15)5-17-11(10)18-12/h4-5,9,16H,2-3,6-7H2,1H3. The highest BCUT2D eigenvalue weighted by Gasteiger charge is 2.60. The Labute approximate surface area is 131 Å². The van der Waals surface area contributed by atoms with Crippen molar-refractivity contribution in [3.05, 3.63) is 16.7 Å². The summed E-state index contributed by atoms with van der Waals surface area (Å²) in [6, 6.07) is 2.65. The number of nitrogens with one attached hydrogen (secondary N) is 1. The highest BCUT2D eigenvalue weighted by Crippen LogP contribution is 2.55. The summed E-state index contributed by atoms with van der Waals surface area (Å²) in [6.45, 7) is 1.97. The van der Waals surface area contributed by atoms with Crippen molar-refractivity contribution in [3.63, 3.8) is 0 Å². The van der Waals surface area contributed by atoms with Gasteiger partial charge in [-0.15, -0.1) is 0 Å². The highest BCUT2D eigenvalue weighted by molar-refractivity contribution is 9.10. The maximum absolute atomic E-state index is 4.86. The van der Waals surface area contributed by atoms with Gasteiger partial charge < -0.3 is 10.2 Å². The van der Waals surface area contributed by atoms with Gasteiger partial charge in [0.25, 0.3) is 0 Å². The molecule has 1 spiro atoms. The van der Waals surface area contributed by atoms with Gasteiger partial charge in [-0.05, 0) is 41.9 Å². The van der Waals surface area contributed by atoms with Crippen LogP contribution in [0, 0.1) is 0 Å². The molecular weight excluding hydrogens is 332 g/mol. The lowest BCUT2D eigenvalue weighted by molar-refractivity contribution is 0.227. The van der Waals surface area contributed by atoms with Crippen LogP contribution in [0.1, 0.15) is 12.8 Å². The molecule has 0 unspecified atom stereocenters. The van der Waals surface area contributed by atoms with E-state index in [-0.39, 0.29) is 5.66 Å². The first-order valence-electron chi connectivity index (χ1n) is 7.27. The first-order valence-corrected chi connectivity index (χ1v) is 8.06. The molecule has 0 amide bonds. The number of halogens is 1. The summed E-state index contributed by atoms with van der Waals surface area (Å²) in [5, 5.41) is 3.30. The van der Waals surface area contributed by atoms with Crippen LogP contribution in [0.25, 0.3) is 0 Å². The van der Waals surface area contributed by atoms with Crippen molar-refractivity contribution in [2.75, 3.05) is 25.0 Å². The number of hydrogen-bond donors (Lipinski definition) is 1. The third kappa shape index (κ3) is 1.53. The van der Waals surface area contributed by atoms with Crippen molar-refractivity contribution in [2.24, 2.45) is 9.98 Å². The lowest BCUT2D eigenvalue weighted by Crippen LogP contribution is -2.66. The number of pyridine rings is 1. The van der Waals surface area contributed by atoms with Crippen LogP contribution in [0.5, 0.6) is 0 Å². The largest absolute Gasteiger partial charge is 0.350 e. The molecule has 1 saturated carbocycles. The fraction of sp³-hybridized carbons (Fsp3) is 0.500. The second-order valence-corrected chi connectivity index (χ2v) is 6.99. The minimum atomic E-state index is 0.0149. The molecule has 2 fully saturated rings. The maximum atomic E-state index is 4.86. The number of likely N-dealkylation sites (N-methyl/N-ethyl adjacent to an activating group) is 1. The van der Waals surface area contributed by atoms with Crippen LogP contribution < -0.4 is 10.2 Å². The van der Waals surface area contributed by atoms with Crippen molar-refractivity contribution >= 4 is 39.1 Å². The highest BCUT2D eigenvalue weighted by atomic mass is 79.9. The third-order valence-electron chi connectivity index (χ3n) is 4.70. The lowest BCUT2D eigenvalue weighted by atomic mass is 10.1. The minimum Gasteiger partial charge on any atom is -0.350 e. The van der Waals surface area contributed by atoms with Crippen molar-refractivity contribution < 1.29 is 0 Å². The van der Waals surface area contributed by atoms with Crippen molar-refractivity contribution in [1.82, 2.24) is 15.2 Å². The molecule has 3 aliphatic heterocycles. The average Bonchev–Trinajstić information content (AvgIpc) is 3.18. The zero-order valence-electron chi connectivity index (χ0n) is 11.7. The number of rotatable bonds is 1. The second kappa shape index (κ2) is 3.84. The van der Waals surface area contributed by atoms with Crippen molar-refractivity contribution in [2.45, 2.75) is 24.5 Å². The second-order valence-electron chi connectivity index (χ2n) is 6.08. The molecule has 0 radical (unpaired) electrons. The Morgan fingerprint density at radius 1 is 1.33 bits per heavy atom. The van der Waals surface area contributed by atoms with E-state index in [9.17, 15) is 0 Å². The van der Waals surface area contributed by atoms with Crippen LogP contribution in [0.2, 0.25) is 0 Å². The van der Waals surface area contributed by atoms with Gasteiger partial charge in [-0.1, -0.05) is 0 Å². The van der Waals surface area contributed by atoms with Crippen LogP contribution >= 0.6 is 15.9 Å². The molecule has 1 aromatic rings. The number of fused-ring (bicyclic) bond motifs is 4. The molecule has 21 heavy (non-hydrogen) atoms. The summed E-state index contributed by atoms with van der Waals surface area (Å²) in [5.74, 6) is 2.82. The van der Waals surface area contributed by atoms with Gasteiger partial charge in [0.15, 0.2) is 17.5 Å². The van der Waals surface area contributed by atoms with Gasteiger partial charge >= 0.3 is 0 Å². The maximum Gasteiger partial charge on any atom is 0.178 e. The Morgan fingerprint density at radius 3 is 2.86 bits per heavy atom. The quantitative estimate of drug-likeness (QED) is 0.837. The molecule has 1 N–H and O–H groups in total. The van der Waals surface area contributed by atoms with Crippen molar-refractivity contribution in [1.29, 1.82) is 0 Å². The van der Waals surface area contributed by atoms with E-state index < -0.39 is 0 Å². The molecule has 0 bridgehead atoms. The van der Waals surface area contributed by atoms with E-state index in [1.165, 1.54) is 0 Å². The van der Waals surface area contributed by atoms with Gasteiger partial charge in [0.2, 0.25) is 0 Å². The molecule has 6 nitrogen and oxygen atoms in total. The summed E-state index contributed by atoms with van der Waals surface area (Å²) in [5.41, 5.74) is 1.10. The molecule has 108 valence electrons. The van der Waals surface area contributed by atoms with E-state index >= 15 is 0 Å². The predicted molar refractivity (Wildman–Crippen MR) is 85.3 cm³/mol. The van der Waals surface area contributed by atoms with Gasteiger partial charge in [-0.3, -0.25) is 4.90 Å². The van der Waals surface area contributed by atoms with E-state index in [0.717, 1.165) is 53.6 Å².